The van der Waals surface area contributed by atoms with Gasteiger partial charge in [-0.25, -0.2) is 10.2 Å². The maximum Gasteiger partial charge on any atom is 0.426 e. The van der Waals surface area contributed by atoms with Gasteiger partial charge in [0.25, 0.3) is 0 Å². The normalized spacial score (nSPS) is 17.3. The molecule has 1 fully saturated rings. The average Bonchev–Trinajstić information content (AvgIpc) is 2.12. The lowest BCUT2D eigenvalue weighted by Gasteiger charge is -2.23. The Bertz CT molecular complexity index is 291. The third kappa shape index (κ3) is 5.56. The SMILES string of the molecule is CCC(=NC1CCC1)NNC(=O)OC(C)(C)C. The number of hydrogen-bond donors (Lipinski definition) is 2. The molecule has 17 heavy (non-hydrogen) atoms. The third-order valence-corrected chi connectivity index (χ3v) is 2.46. The molecule has 0 saturated heterocycles. The van der Waals surface area contributed by atoms with Crippen molar-refractivity contribution in [2.75, 3.05) is 0 Å². The number of amides is 1. The van der Waals surface area contributed by atoms with Crippen molar-refractivity contribution in [3.05, 3.63) is 0 Å². The Balaban J connectivity index is 2.32. The molecular weight excluding hydrogens is 218 g/mol. The molecule has 1 saturated carbocycles. The summed E-state index contributed by atoms with van der Waals surface area (Å²) in [6.07, 6.45) is 3.85. The Hall–Kier alpha value is -1.26. The number of hydrazine groups is 1. The van der Waals surface area contributed by atoms with Crippen molar-refractivity contribution in [2.45, 2.75) is 65.0 Å². The highest BCUT2D eigenvalue weighted by Crippen LogP contribution is 2.21. The van der Waals surface area contributed by atoms with Gasteiger partial charge in [-0.05, 0) is 40.0 Å². The molecule has 0 aliphatic heterocycles. The monoisotopic (exact) mass is 241 g/mol. The lowest BCUT2D eigenvalue weighted by atomic mass is 9.94. The van der Waals surface area contributed by atoms with Crippen LogP contribution in [-0.2, 0) is 4.74 Å². The summed E-state index contributed by atoms with van der Waals surface area (Å²) in [5.74, 6) is 0.806. The van der Waals surface area contributed by atoms with E-state index in [0.29, 0.717) is 6.04 Å². The molecular formula is C12H23N3O2. The van der Waals surface area contributed by atoms with Crippen LogP contribution >= 0.6 is 0 Å². The largest absolute Gasteiger partial charge is 0.443 e. The minimum Gasteiger partial charge on any atom is -0.443 e. The van der Waals surface area contributed by atoms with Crippen LogP contribution < -0.4 is 10.9 Å². The zero-order valence-electron chi connectivity index (χ0n) is 11.2. The van der Waals surface area contributed by atoms with E-state index in [-0.39, 0.29) is 0 Å². The maximum atomic E-state index is 11.4. The Morgan fingerprint density at radius 3 is 2.41 bits per heavy atom. The van der Waals surface area contributed by atoms with E-state index in [1.807, 2.05) is 27.7 Å². The summed E-state index contributed by atoms with van der Waals surface area (Å²) in [4.78, 5) is 15.9. The summed E-state index contributed by atoms with van der Waals surface area (Å²) in [5.41, 5.74) is 4.84. The molecule has 5 heteroatoms. The van der Waals surface area contributed by atoms with E-state index in [9.17, 15) is 4.79 Å². The van der Waals surface area contributed by atoms with Crippen LogP contribution in [0, 0.1) is 0 Å². The lowest BCUT2D eigenvalue weighted by molar-refractivity contribution is 0.0512. The fraction of sp³-hybridized carbons (Fsp3) is 0.833. The second kappa shape index (κ2) is 5.89. The van der Waals surface area contributed by atoms with E-state index in [1.54, 1.807) is 0 Å². The molecule has 5 nitrogen and oxygen atoms in total. The molecule has 0 unspecified atom stereocenters. The Morgan fingerprint density at radius 1 is 1.35 bits per heavy atom. The molecule has 1 amide bonds. The van der Waals surface area contributed by atoms with Crippen molar-refractivity contribution >= 4 is 11.9 Å². The highest BCUT2D eigenvalue weighted by molar-refractivity contribution is 5.84. The Morgan fingerprint density at radius 2 is 2.00 bits per heavy atom. The van der Waals surface area contributed by atoms with Crippen molar-refractivity contribution in [1.82, 2.24) is 10.9 Å². The van der Waals surface area contributed by atoms with Gasteiger partial charge in [0.2, 0.25) is 0 Å². The summed E-state index contributed by atoms with van der Waals surface area (Å²) in [7, 11) is 0. The van der Waals surface area contributed by atoms with Gasteiger partial charge < -0.3 is 4.74 Å². The fourth-order valence-electron chi connectivity index (χ4n) is 1.37. The third-order valence-electron chi connectivity index (χ3n) is 2.46. The quantitative estimate of drug-likeness (QED) is 0.443. The topological polar surface area (TPSA) is 62.7 Å². The molecule has 0 heterocycles. The van der Waals surface area contributed by atoms with Crippen LogP contribution in [0.1, 0.15) is 53.4 Å². The van der Waals surface area contributed by atoms with Gasteiger partial charge in [-0.3, -0.25) is 10.4 Å². The van der Waals surface area contributed by atoms with E-state index in [4.69, 9.17) is 4.74 Å². The first-order valence-corrected chi connectivity index (χ1v) is 6.22. The molecule has 1 rings (SSSR count). The van der Waals surface area contributed by atoms with Crippen LogP contribution in [-0.4, -0.2) is 23.6 Å². The first-order valence-electron chi connectivity index (χ1n) is 6.22. The molecule has 0 radical (unpaired) electrons. The standard InChI is InChI=1S/C12H23N3O2/c1-5-10(13-9-7-6-8-9)14-15-11(16)17-12(2,3)4/h9H,5-8H2,1-4H3,(H,13,14)(H,15,16). The number of carbonyl (C=O) groups excluding carboxylic acids is 1. The molecule has 2 N–H and O–H groups in total. The molecule has 1 aliphatic carbocycles. The van der Waals surface area contributed by atoms with E-state index in [2.05, 4.69) is 15.8 Å². The van der Waals surface area contributed by atoms with E-state index in [1.165, 1.54) is 6.42 Å². The highest BCUT2D eigenvalue weighted by atomic mass is 16.6. The molecule has 0 bridgehead atoms. The van der Waals surface area contributed by atoms with E-state index >= 15 is 0 Å². The summed E-state index contributed by atoms with van der Waals surface area (Å²) < 4.78 is 5.11. The molecule has 0 atom stereocenters. The highest BCUT2D eigenvalue weighted by Gasteiger charge is 2.18. The zero-order valence-corrected chi connectivity index (χ0v) is 11.2. The number of ether oxygens (including phenoxy) is 1. The van der Waals surface area contributed by atoms with Gasteiger partial charge >= 0.3 is 6.09 Å². The van der Waals surface area contributed by atoms with Crippen molar-refractivity contribution in [3.63, 3.8) is 0 Å². The molecule has 0 spiro atoms. The lowest BCUT2D eigenvalue weighted by Crippen LogP contribution is -2.44. The number of hydrogen-bond acceptors (Lipinski definition) is 3. The van der Waals surface area contributed by atoms with Crippen LogP contribution in [0.4, 0.5) is 4.79 Å². The second-order valence-electron chi connectivity index (χ2n) is 5.27. The Labute approximate surface area is 103 Å². The second-order valence-corrected chi connectivity index (χ2v) is 5.27. The van der Waals surface area contributed by atoms with Crippen LogP contribution in [0.2, 0.25) is 0 Å². The van der Waals surface area contributed by atoms with Crippen molar-refractivity contribution in [1.29, 1.82) is 0 Å². The number of amidine groups is 1. The predicted molar refractivity (Wildman–Crippen MR) is 67.9 cm³/mol. The van der Waals surface area contributed by atoms with Gasteiger partial charge in [0.05, 0.1) is 6.04 Å². The van der Waals surface area contributed by atoms with Gasteiger partial charge in [-0.2, -0.15) is 0 Å². The summed E-state index contributed by atoms with van der Waals surface area (Å²) in [5, 5.41) is 0. The number of nitrogens with zero attached hydrogens (tertiary/aromatic N) is 1. The van der Waals surface area contributed by atoms with Crippen LogP contribution in [0.3, 0.4) is 0 Å². The van der Waals surface area contributed by atoms with Gasteiger partial charge in [-0.1, -0.05) is 6.92 Å². The molecule has 98 valence electrons. The van der Waals surface area contributed by atoms with E-state index in [0.717, 1.165) is 25.1 Å². The van der Waals surface area contributed by atoms with Crippen molar-refractivity contribution in [3.8, 4) is 0 Å². The fourth-order valence-corrected chi connectivity index (χ4v) is 1.37. The molecule has 0 aromatic rings. The first kappa shape index (κ1) is 13.8. The number of aliphatic imine (C=N–C) groups is 1. The van der Waals surface area contributed by atoms with E-state index < -0.39 is 11.7 Å². The average molecular weight is 241 g/mol. The minimum absolute atomic E-state index is 0.429. The summed E-state index contributed by atoms with van der Waals surface area (Å²) in [6.45, 7) is 7.49. The van der Waals surface area contributed by atoms with Crippen molar-refractivity contribution in [2.24, 2.45) is 4.99 Å². The van der Waals surface area contributed by atoms with Gasteiger partial charge in [0, 0.05) is 6.42 Å². The minimum atomic E-state index is -0.483. The van der Waals surface area contributed by atoms with Gasteiger partial charge in [0.1, 0.15) is 11.4 Å². The van der Waals surface area contributed by atoms with Crippen LogP contribution in [0.5, 0.6) is 0 Å². The van der Waals surface area contributed by atoms with Gasteiger partial charge in [-0.15, -0.1) is 0 Å². The number of rotatable bonds is 2. The molecule has 1 aliphatic rings. The van der Waals surface area contributed by atoms with Crippen LogP contribution in [0.15, 0.2) is 4.99 Å². The molecule has 0 aromatic carbocycles. The number of nitrogens with one attached hydrogen (secondary N) is 2. The predicted octanol–water partition coefficient (Wildman–Crippen LogP) is 2.38. The maximum absolute atomic E-state index is 11.4. The van der Waals surface area contributed by atoms with Crippen molar-refractivity contribution < 1.29 is 9.53 Å². The Kier molecular flexibility index (Phi) is 4.78. The molecule has 0 aromatic heterocycles. The zero-order chi connectivity index (χ0) is 12.9. The van der Waals surface area contributed by atoms with Gasteiger partial charge in [0.15, 0.2) is 0 Å². The summed E-state index contributed by atoms with van der Waals surface area (Å²) in [6, 6.07) is 0.429. The summed E-state index contributed by atoms with van der Waals surface area (Å²) >= 11 is 0. The first-order chi connectivity index (χ1) is 7.90. The van der Waals surface area contributed by atoms with Crippen LogP contribution in [0.25, 0.3) is 0 Å². The smallest absolute Gasteiger partial charge is 0.426 e. The number of carbonyl (C=O) groups is 1.